The number of para-hydroxylation sites is 1. The zero-order valence-corrected chi connectivity index (χ0v) is 20.3. The minimum Gasteiger partial charge on any atom is -0.493 e. The molecular formula is C25H24N4O5S. The van der Waals surface area contributed by atoms with E-state index in [0.29, 0.717) is 52.0 Å². The molecule has 2 aliphatic heterocycles. The molecule has 3 aromatic rings. The average molecular weight is 493 g/mol. The molecule has 0 bridgehead atoms. The lowest BCUT2D eigenvalue weighted by atomic mass is 10.0. The normalized spacial score (nSPS) is 16.0. The second-order valence-electron chi connectivity index (χ2n) is 8.28. The van der Waals surface area contributed by atoms with Gasteiger partial charge in [0.1, 0.15) is 6.17 Å². The van der Waals surface area contributed by atoms with Crippen LogP contribution in [0.15, 0.2) is 41.8 Å². The molecule has 0 spiro atoms. The van der Waals surface area contributed by atoms with E-state index in [9.17, 15) is 14.4 Å². The number of methoxy groups -OCH3 is 2. The first kappa shape index (κ1) is 22.9. The van der Waals surface area contributed by atoms with Gasteiger partial charge in [0.25, 0.3) is 11.8 Å². The zero-order valence-electron chi connectivity index (χ0n) is 19.5. The van der Waals surface area contributed by atoms with Crippen molar-refractivity contribution in [1.29, 1.82) is 0 Å². The lowest BCUT2D eigenvalue weighted by Gasteiger charge is -2.40. The Kier molecular flexibility index (Phi) is 5.89. The monoisotopic (exact) mass is 492 g/mol. The number of fused-ring (bicyclic) bond motifs is 5. The van der Waals surface area contributed by atoms with Crippen LogP contribution in [0.1, 0.15) is 51.0 Å². The van der Waals surface area contributed by atoms with Crippen molar-refractivity contribution in [3.8, 4) is 11.5 Å². The molecule has 0 unspecified atom stereocenters. The first-order valence-electron chi connectivity index (χ1n) is 11.1. The fourth-order valence-electron chi connectivity index (χ4n) is 4.65. The number of nitrogens with zero attached hydrogens (tertiary/aromatic N) is 3. The summed E-state index contributed by atoms with van der Waals surface area (Å²) in [5.41, 5.74) is 2.89. The minimum absolute atomic E-state index is 0.171. The SMILES string of the molecule is COc1ccc2c(c1OC)C(=O)N1c3ccccc3C(=O)N(CCCC(=O)Nc3nc(C)cs3)[C@@H]21. The fourth-order valence-corrected chi connectivity index (χ4v) is 5.36. The van der Waals surface area contributed by atoms with Gasteiger partial charge in [-0.3, -0.25) is 19.3 Å². The zero-order chi connectivity index (χ0) is 24.7. The molecule has 1 atom stereocenters. The molecule has 0 saturated heterocycles. The number of benzene rings is 2. The van der Waals surface area contributed by atoms with Crippen molar-refractivity contribution in [2.75, 3.05) is 31.0 Å². The molecule has 10 heteroatoms. The number of hydrogen-bond donors (Lipinski definition) is 1. The first-order valence-corrected chi connectivity index (χ1v) is 12.0. The Morgan fingerprint density at radius 2 is 1.91 bits per heavy atom. The number of aromatic nitrogens is 1. The Morgan fingerprint density at radius 1 is 1.11 bits per heavy atom. The van der Waals surface area contributed by atoms with E-state index in [2.05, 4.69) is 10.3 Å². The van der Waals surface area contributed by atoms with Crippen molar-refractivity contribution >= 4 is 39.9 Å². The van der Waals surface area contributed by atoms with Gasteiger partial charge >= 0.3 is 0 Å². The first-order chi connectivity index (χ1) is 16.9. The van der Waals surface area contributed by atoms with Crippen LogP contribution >= 0.6 is 11.3 Å². The van der Waals surface area contributed by atoms with Gasteiger partial charge in [-0.15, -0.1) is 11.3 Å². The quantitative estimate of drug-likeness (QED) is 0.535. The third kappa shape index (κ3) is 3.79. The number of aryl methyl sites for hydroxylation is 1. The molecule has 0 aliphatic carbocycles. The maximum Gasteiger partial charge on any atom is 0.264 e. The van der Waals surface area contributed by atoms with E-state index in [1.807, 2.05) is 12.3 Å². The van der Waals surface area contributed by atoms with Crippen LogP contribution < -0.4 is 19.7 Å². The molecule has 35 heavy (non-hydrogen) atoms. The van der Waals surface area contributed by atoms with E-state index < -0.39 is 6.17 Å². The highest BCUT2D eigenvalue weighted by molar-refractivity contribution is 7.13. The highest BCUT2D eigenvalue weighted by Gasteiger charge is 2.49. The summed E-state index contributed by atoms with van der Waals surface area (Å²) >= 11 is 1.37. The second-order valence-corrected chi connectivity index (χ2v) is 9.13. The highest BCUT2D eigenvalue weighted by Crippen LogP contribution is 2.49. The summed E-state index contributed by atoms with van der Waals surface area (Å²) < 4.78 is 10.9. The Hall–Kier alpha value is -3.92. The van der Waals surface area contributed by atoms with Gasteiger partial charge in [-0.2, -0.15) is 0 Å². The van der Waals surface area contributed by atoms with Crippen LogP contribution in [0, 0.1) is 6.92 Å². The summed E-state index contributed by atoms with van der Waals surface area (Å²) in [6.07, 6.45) is -0.00114. The van der Waals surface area contributed by atoms with Gasteiger partial charge in [0.2, 0.25) is 5.91 Å². The van der Waals surface area contributed by atoms with Gasteiger partial charge in [-0.05, 0) is 31.5 Å². The lowest BCUT2D eigenvalue weighted by Crippen LogP contribution is -2.48. The summed E-state index contributed by atoms with van der Waals surface area (Å²) in [5, 5.41) is 5.21. The van der Waals surface area contributed by atoms with Crippen molar-refractivity contribution in [2.45, 2.75) is 25.9 Å². The van der Waals surface area contributed by atoms with Crippen LogP contribution in [0.25, 0.3) is 0 Å². The average Bonchev–Trinajstić information content (AvgIpc) is 3.40. The third-order valence-electron chi connectivity index (χ3n) is 6.15. The molecule has 1 N–H and O–H groups in total. The molecule has 180 valence electrons. The summed E-state index contributed by atoms with van der Waals surface area (Å²) in [6.45, 7) is 2.16. The van der Waals surface area contributed by atoms with Crippen molar-refractivity contribution in [2.24, 2.45) is 0 Å². The summed E-state index contributed by atoms with van der Waals surface area (Å²) in [6, 6.07) is 10.6. The molecule has 5 rings (SSSR count). The largest absolute Gasteiger partial charge is 0.493 e. The second kappa shape index (κ2) is 9.03. The maximum atomic E-state index is 13.7. The Balaban J connectivity index is 1.45. The molecule has 2 aliphatic rings. The molecule has 3 amide bonds. The molecule has 1 aromatic heterocycles. The number of carbonyl (C=O) groups is 3. The number of hydrogen-bond acceptors (Lipinski definition) is 7. The van der Waals surface area contributed by atoms with Crippen LogP contribution in [0.2, 0.25) is 0 Å². The number of rotatable bonds is 7. The fraction of sp³-hybridized carbons (Fsp3) is 0.280. The van der Waals surface area contributed by atoms with Crippen LogP contribution in [-0.2, 0) is 4.79 Å². The number of ether oxygens (including phenoxy) is 2. The van der Waals surface area contributed by atoms with E-state index in [0.717, 1.165) is 5.69 Å². The Labute approximate surface area is 206 Å². The van der Waals surface area contributed by atoms with Crippen LogP contribution in [-0.4, -0.2) is 48.4 Å². The number of thiazole rings is 1. The summed E-state index contributed by atoms with van der Waals surface area (Å²) in [7, 11) is 3.00. The van der Waals surface area contributed by atoms with E-state index in [-0.39, 0.29) is 24.1 Å². The number of amides is 3. The van der Waals surface area contributed by atoms with Crippen molar-refractivity contribution in [1.82, 2.24) is 9.88 Å². The van der Waals surface area contributed by atoms with Gasteiger partial charge in [0.05, 0.1) is 36.7 Å². The molecule has 2 aromatic carbocycles. The predicted molar refractivity (Wildman–Crippen MR) is 131 cm³/mol. The predicted octanol–water partition coefficient (Wildman–Crippen LogP) is 4.00. The summed E-state index contributed by atoms with van der Waals surface area (Å²) in [4.78, 5) is 47.2. The topological polar surface area (TPSA) is 101 Å². The standard InChI is InChI=1S/C25H24N4O5S/c1-14-13-35-25(26-14)27-19(30)9-6-12-28-22-16-10-11-18(33-2)21(34-3)20(16)24(32)29(22)17-8-5-4-7-15(17)23(28)31/h4-5,7-8,10-11,13,22H,6,9,12H2,1-3H3,(H,26,27,30)/t22-/m1/s1. The lowest BCUT2D eigenvalue weighted by molar-refractivity contribution is -0.116. The Bertz CT molecular complexity index is 1340. The van der Waals surface area contributed by atoms with Crippen molar-refractivity contribution in [3.63, 3.8) is 0 Å². The molecule has 3 heterocycles. The molecule has 0 fully saturated rings. The van der Waals surface area contributed by atoms with Crippen LogP contribution in [0.3, 0.4) is 0 Å². The number of anilines is 2. The number of carbonyl (C=O) groups excluding carboxylic acids is 3. The van der Waals surface area contributed by atoms with Gasteiger partial charge in [-0.1, -0.05) is 18.2 Å². The molecular weight excluding hydrogens is 468 g/mol. The smallest absolute Gasteiger partial charge is 0.264 e. The van der Waals surface area contributed by atoms with Gasteiger partial charge < -0.3 is 19.7 Å². The molecule has 0 saturated carbocycles. The van der Waals surface area contributed by atoms with E-state index in [1.165, 1.54) is 25.6 Å². The maximum absolute atomic E-state index is 13.7. The third-order valence-corrected chi connectivity index (χ3v) is 7.03. The van der Waals surface area contributed by atoms with Crippen LogP contribution in [0.4, 0.5) is 10.8 Å². The van der Waals surface area contributed by atoms with E-state index in [1.54, 1.807) is 46.2 Å². The van der Waals surface area contributed by atoms with Crippen LogP contribution in [0.5, 0.6) is 11.5 Å². The number of nitrogens with one attached hydrogen (secondary N) is 1. The van der Waals surface area contributed by atoms with E-state index in [4.69, 9.17) is 9.47 Å². The van der Waals surface area contributed by atoms with E-state index >= 15 is 0 Å². The molecule has 9 nitrogen and oxygen atoms in total. The minimum atomic E-state index is -0.635. The summed E-state index contributed by atoms with van der Waals surface area (Å²) in [5.74, 6) is 0.165. The van der Waals surface area contributed by atoms with Gasteiger partial charge in [0, 0.05) is 23.9 Å². The van der Waals surface area contributed by atoms with Crippen molar-refractivity contribution in [3.05, 3.63) is 64.2 Å². The molecule has 0 radical (unpaired) electrons. The van der Waals surface area contributed by atoms with Gasteiger partial charge in [-0.25, -0.2) is 4.98 Å². The Morgan fingerprint density at radius 3 is 2.63 bits per heavy atom. The van der Waals surface area contributed by atoms with Gasteiger partial charge in [0.15, 0.2) is 16.6 Å². The van der Waals surface area contributed by atoms with Crippen molar-refractivity contribution < 1.29 is 23.9 Å². The highest BCUT2D eigenvalue weighted by atomic mass is 32.1.